The summed E-state index contributed by atoms with van der Waals surface area (Å²) in [4.78, 5) is 11.4. The average molecular weight is 276 g/mol. The molecule has 1 atom stereocenters. The molecule has 2 rings (SSSR count). The molecule has 0 saturated carbocycles. The van der Waals surface area contributed by atoms with E-state index >= 15 is 0 Å². The smallest absolute Gasteiger partial charge is 0.328 e. The lowest BCUT2D eigenvalue weighted by molar-refractivity contribution is -0.142. The third-order valence-electron chi connectivity index (χ3n) is 2.99. The molecule has 0 radical (unpaired) electrons. The van der Waals surface area contributed by atoms with Crippen molar-refractivity contribution in [2.45, 2.75) is 19.9 Å². The molecule has 0 fully saturated rings. The first-order chi connectivity index (χ1) is 9.54. The normalized spacial score (nSPS) is 12.4. The molecular weight excluding hydrogens is 260 g/mol. The Bertz CT molecular complexity index is 592. The monoisotopic (exact) mass is 276 g/mol. The van der Waals surface area contributed by atoms with Gasteiger partial charge in [0.25, 0.3) is 0 Å². The van der Waals surface area contributed by atoms with Crippen LogP contribution in [0.1, 0.15) is 19.9 Å². The molecule has 1 heterocycles. The van der Waals surface area contributed by atoms with Gasteiger partial charge in [0.1, 0.15) is 5.75 Å². The average Bonchev–Trinajstić information content (AvgIpc) is 2.87. The second-order valence-electron chi connectivity index (χ2n) is 4.70. The molecule has 106 valence electrons. The van der Waals surface area contributed by atoms with Crippen LogP contribution in [-0.4, -0.2) is 38.4 Å². The predicted molar refractivity (Wildman–Crippen MR) is 71.3 cm³/mol. The lowest BCUT2D eigenvalue weighted by atomic mass is 10.0. The van der Waals surface area contributed by atoms with Crippen LogP contribution in [0.2, 0.25) is 0 Å². The molecule has 0 saturated heterocycles. The van der Waals surface area contributed by atoms with Crippen LogP contribution in [0.25, 0.3) is 11.4 Å². The lowest BCUT2D eigenvalue weighted by Gasteiger charge is -2.17. The molecule has 1 unspecified atom stereocenters. The Balaban J connectivity index is 2.43. The minimum absolute atomic E-state index is 0.131. The molecule has 7 heteroatoms. The molecule has 0 aliphatic heterocycles. The van der Waals surface area contributed by atoms with Gasteiger partial charge in [-0.15, -0.1) is 5.10 Å². The maximum absolute atomic E-state index is 11.4. The minimum Gasteiger partial charge on any atom is -0.497 e. The highest BCUT2D eigenvalue weighted by Crippen LogP contribution is 2.25. The zero-order valence-corrected chi connectivity index (χ0v) is 11.5. The molecule has 7 nitrogen and oxygen atoms in total. The largest absolute Gasteiger partial charge is 0.497 e. The van der Waals surface area contributed by atoms with E-state index in [9.17, 15) is 9.90 Å². The van der Waals surface area contributed by atoms with Gasteiger partial charge in [0.05, 0.1) is 7.11 Å². The van der Waals surface area contributed by atoms with Gasteiger partial charge in [-0.2, -0.15) is 0 Å². The molecule has 1 N–H and O–H groups in total. The van der Waals surface area contributed by atoms with Crippen molar-refractivity contribution in [3.8, 4) is 17.1 Å². The van der Waals surface area contributed by atoms with Crippen molar-refractivity contribution in [3.63, 3.8) is 0 Å². The number of aliphatic carboxylic acids is 1. The van der Waals surface area contributed by atoms with E-state index in [4.69, 9.17) is 4.74 Å². The Hall–Kier alpha value is -2.44. The Morgan fingerprint density at radius 2 is 1.95 bits per heavy atom. The van der Waals surface area contributed by atoms with Crippen LogP contribution in [0.15, 0.2) is 24.3 Å². The zero-order chi connectivity index (χ0) is 14.7. The molecule has 1 aromatic heterocycles. The van der Waals surface area contributed by atoms with Gasteiger partial charge in [0.2, 0.25) is 0 Å². The molecular formula is C13H16N4O3. The number of rotatable bonds is 5. The molecule has 0 aliphatic carbocycles. The number of benzene rings is 1. The summed E-state index contributed by atoms with van der Waals surface area (Å²) in [5.74, 6) is 0.0511. The molecule has 1 aromatic carbocycles. The van der Waals surface area contributed by atoms with Crippen molar-refractivity contribution < 1.29 is 14.6 Å². The van der Waals surface area contributed by atoms with E-state index in [1.54, 1.807) is 31.4 Å². The fourth-order valence-corrected chi connectivity index (χ4v) is 1.98. The second-order valence-corrected chi connectivity index (χ2v) is 4.70. The van der Waals surface area contributed by atoms with E-state index in [1.807, 2.05) is 13.8 Å². The van der Waals surface area contributed by atoms with Gasteiger partial charge in [0.15, 0.2) is 11.9 Å². The Morgan fingerprint density at radius 1 is 1.30 bits per heavy atom. The Labute approximate surface area is 116 Å². The SMILES string of the molecule is COc1ccc(-c2nnnn2C(C(=O)O)C(C)C)cc1. The number of carboxylic acids is 1. The van der Waals surface area contributed by atoms with Crippen molar-refractivity contribution in [1.29, 1.82) is 0 Å². The van der Waals surface area contributed by atoms with E-state index in [2.05, 4.69) is 15.5 Å². The third-order valence-corrected chi connectivity index (χ3v) is 2.99. The van der Waals surface area contributed by atoms with Crippen LogP contribution >= 0.6 is 0 Å². The second kappa shape index (κ2) is 5.68. The Kier molecular flexibility index (Phi) is 3.97. The van der Waals surface area contributed by atoms with Crippen LogP contribution in [-0.2, 0) is 4.79 Å². The van der Waals surface area contributed by atoms with Crippen LogP contribution in [0.5, 0.6) is 5.75 Å². The first-order valence-electron chi connectivity index (χ1n) is 6.19. The number of aromatic nitrogens is 4. The molecule has 0 aliphatic rings. The first-order valence-corrected chi connectivity index (χ1v) is 6.19. The van der Waals surface area contributed by atoms with Gasteiger partial charge in [-0.05, 0) is 40.6 Å². The summed E-state index contributed by atoms with van der Waals surface area (Å²) < 4.78 is 6.43. The maximum Gasteiger partial charge on any atom is 0.328 e. The summed E-state index contributed by atoms with van der Waals surface area (Å²) in [5, 5.41) is 20.7. The minimum atomic E-state index is -0.956. The van der Waals surface area contributed by atoms with E-state index in [0.717, 1.165) is 5.56 Å². The lowest BCUT2D eigenvalue weighted by Crippen LogP contribution is -2.26. The predicted octanol–water partition coefficient (Wildman–Crippen LogP) is 1.63. The number of methoxy groups -OCH3 is 1. The van der Waals surface area contributed by atoms with Crippen molar-refractivity contribution in [1.82, 2.24) is 20.2 Å². The number of carboxylic acid groups (broad SMARTS) is 1. The first kappa shape index (κ1) is 14.0. The fourth-order valence-electron chi connectivity index (χ4n) is 1.98. The molecule has 0 bridgehead atoms. The molecule has 20 heavy (non-hydrogen) atoms. The summed E-state index contributed by atoms with van der Waals surface area (Å²) in [7, 11) is 1.58. The molecule has 0 amide bonds. The summed E-state index contributed by atoms with van der Waals surface area (Å²) in [6.07, 6.45) is 0. The number of hydrogen-bond donors (Lipinski definition) is 1. The van der Waals surface area contributed by atoms with Gasteiger partial charge in [-0.3, -0.25) is 0 Å². The quantitative estimate of drug-likeness (QED) is 0.892. The van der Waals surface area contributed by atoms with Gasteiger partial charge >= 0.3 is 5.97 Å². The number of nitrogens with zero attached hydrogens (tertiary/aromatic N) is 4. The number of tetrazole rings is 1. The highest BCUT2D eigenvalue weighted by molar-refractivity contribution is 5.73. The Morgan fingerprint density at radius 3 is 2.45 bits per heavy atom. The van der Waals surface area contributed by atoms with Gasteiger partial charge in [-0.1, -0.05) is 13.8 Å². The van der Waals surface area contributed by atoms with Crippen LogP contribution in [0.4, 0.5) is 0 Å². The summed E-state index contributed by atoms with van der Waals surface area (Å²) >= 11 is 0. The summed E-state index contributed by atoms with van der Waals surface area (Å²) in [6.45, 7) is 3.64. The van der Waals surface area contributed by atoms with Crippen molar-refractivity contribution in [3.05, 3.63) is 24.3 Å². The van der Waals surface area contributed by atoms with E-state index in [1.165, 1.54) is 4.68 Å². The maximum atomic E-state index is 11.4. The highest BCUT2D eigenvalue weighted by Gasteiger charge is 2.28. The van der Waals surface area contributed by atoms with Gasteiger partial charge in [-0.25, -0.2) is 9.48 Å². The van der Waals surface area contributed by atoms with E-state index in [0.29, 0.717) is 11.6 Å². The topological polar surface area (TPSA) is 90.1 Å². The number of carbonyl (C=O) groups is 1. The summed E-state index contributed by atoms with van der Waals surface area (Å²) in [6, 6.07) is 6.33. The van der Waals surface area contributed by atoms with Gasteiger partial charge in [0, 0.05) is 5.56 Å². The highest BCUT2D eigenvalue weighted by atomic mass is 16.5. The van der Waals surface area contributed by atoms with Crippen molar-refractivity contribution in [2.24, 2.45) is 5.92 Å². The van der Waals surface area contributed by atoms with E-state index in [-0.39, 0.29) is 5.92 Å². The van der Waals surface area contributed by atoms with Crippen molar-refractivity contribution >= 4 is 5.97 Å². The number of hydrogen-bond acceptors (Lipinski definition) is 5. The van der Waals surface area contributed by atoms with Crippen molar-refractivity contribution in [2.75, 3.05) is 7.11 Å². The van der Waals surface area contributed by atoms with Crippen LogP contribution in [0, 0.1) is 5.92 Å². The molecule has 0 spiro atoms. The van der Waals surface area contributed by atoms with E-state index < -0.39 is 12.0 Å². The molecule has 2 aromatic rings. The zero-order valence-electron chi connectivity index (χ0n) is 11.5. The number of ether oxygens (including phenoxy) is 1. The summed E-state index contributed by atoms with van der Waals surface area (Å²) in [5.41, 5.74) is 0.739. The third kappa shape index (κ3) is 2.61. The standard InChI is InChI=1S/C13H16N4O3/c1-8(2)11(13(18)19)17-12(14-15-16-17)9-4-6-10(20-3)7-5-9/h4-8,11H,1-3H3,(H,18,19). The fraction of sp³-hybridized carbons (Fsp3) is 0.385. The van der Waals surface area contributed by atoms with Crippen LogP contribution in [0.3, 0.4) is 0 Å². The van der Waals surface area contributed by atoms with Gasteiger partial charge < -0.3 is 9.84 Å². The van der Waals surface area contributed by atoms with Crippen LogP contribution < -0.4 is 4.74 Å².